The van der Waals surface area contributed by atoms with Gasteiger partial charge in [0.25, 0.3) is 5.24 Å². The maximum absolute atomic E-state index is 11.7. The lowest BCUT2D eigenvalue weighted by Crippen LogP contribution is -2.33. The Hall–Kier alpha value is -3.26. The molecular weight excluding hydrogens is 464 g/mol. The van der Waals surface area contributed by atoms with Crippen molar-refractivity contribution in [2.24, 2.45) is 0 Å². The molecule has 0 bridgehead atoms. The molecule has 1 aliphatic rings. The number of anilines is 1. The van der Waals surface area contributed by atoms with Crippen molar-refractivity contribution in [1.82, 2.24) is 24.8 Å². The van der Waals surface area contributed by atoms with Gasteiger partial charge in [-0.3, -0.25) is 14.2 Å². The summed E-state index contributed by atoms with van der Waals surface area (Å²) in [6, 6.07) is 8.08. The summed E-state index contributed by atoms with van der Waals surface area (Å²) >= 11 is 0.762. The molecule has 1 unspecified atom stereocenters. The standard InChI is InChI=1S/C21H24N6O6S/c1-11-2-4-12(5-3-11)6-22-18-15-19(25-9-24-18)27(10-26-15)20-17(31)16(30)13(33-20)8-34-21(32)23-7-14(28)29/h2-5,9-10,13,16-17,20,30-31H,6-8H2,1H3,(H,23,32)(H,28,29)(H,22,24,25)/t13-,16?,17+,20-/m1/s1. The average Bonchev–Trinajstić information content (AvgIpc) is 3.37. The molecule has 0 aliphatic carbocycles. The van der Waals surface area contributed by atoms with Gasteiger partial charge in [0, 0.05) is 12.3 Å². The highest BCUT2D eigenvalue weighted by Crippen LogP contribution is 2.33. The summed E-state index contributed by atoms with van der Waals surface area (Å²) in [5.74, 6) is -0.631. The zero-order valence-electron chi connectivity index (χ0n) is 18.2. The summed E-state index contributed by atoms with van der Waals surface area (Å²) in [6.07, 6.45) is -1.57. The first-order valence-corrected chi connectivity index (χ1v) is 11.4. The first-order valence-electron chi connectivity index (χ1n) is 10.4. The molecule has 2 aromatic heterocycles. The maximum atomic E-state index is 11.7. The highest BCUT2D eigenvalue weighted by Gasteiger charge is 2.44. The molecule has 1 aliphatic heterocycles. The second-order valence-electron chi connectivity index (χ2n) is 7.78. The van der Waals surface area contributed by atoms with Gasteiger partial charge in [0.15, 0.2) is 23.2 Å². The van der Waals surface area contributed by atoms with Crippen LogP contribution in [-0.2, 0) is 16.1 Å². The van der Waals surface area contributed by atoms with Crippen LogP contribution >= 0.6 is 11.8 Å². The monoisotopic (exact) mass is 488 g/mol. The van der Waals surface area contributed by atoms with E-state index in [1.54, 1.807) is 0 Å². The number of fused-ring (bicyclic) bond motifs is 1. The van der Waals surface area contributed by atoms with Crippen molar-refractivity contribution in [1.29, 1.82) is 0 Å². The smallest absolute Gasteiger partial charge is 0.323 e. The molecule has 34 heavy (non-hydrogen) atoms. The molecule has 1 aromatic carbocycles. The number of aryl methyl sites for hydroxylation is 1. The number of ether oxygens (including phenoxy) is 1. The lowest BCUT2D eigenvalue weighted by Gasteiger charge is -2.16. The number of amides is 1. The van der Waals surface area contributed by atoms with Crippen LogP contribution in [0.1, 0.15) is 17.4 Å². The number of benzene rings is 1. The number of aliphatic hydroxyl groups is 2. The third kappa shape index (κ3) is 5.28. The van der Waals surface area contributed by atoms with E-state index in [1.165, 1.54) is 22.8 Å². The fraction of sp³-hybridized carbons (Fsp3) is 0.381. The largest absolute Gasteiger partial charge is 0.480 e. The summed E-state index contributed by atoms with van der Waals surface area (Å²) in [5.41, 5.74) is 3.12. The summed E-state index contributed by atoms with van der Waals surface area (Å²) in [7, 11) is 0. The van der Waals surface area contributed by atoms with Crippen molar-refractivity contribution in [3.63, 3.8) is 0 Å². The Morgan fingerprint density at radius 3 is 2.65 bits per heavy atom. The van der Waals surface area contributed by atoms with Gasteiger partial charge in [-0.25, -0.2) is 15.0 Å². The van der Waals surface area contributed by atoms with Crippen molar-refractivity contribution in [2.75, 3.05) is 17.6 Å². The van der Waals surface area contributed by atoms with Gasteiger partial charge in [-0.15, -0.1) is 0 Å². The predicted molar refractivity (Wildman–Crippen MR) is 123 cm³/mol. The van der Waals surface area contributed by atoms with E-state index in [-0.39, 0.29) is 5.75 Å². The van der Waals surface area contributed by atoms with E-state index in [9.17, 15) is 19.8 Å². The normalized spacial score (nSPS) is 22.1. The molecule has 1 amide bonds. The minimum Gasteiger partial charge on any atom is -0.480 e. The fourth-order valence-corrected chi connectivity index (χ4v) is 4.28. The Bertz CT molecular complexity index is 1170. The van der Waals surface area contributed by atoms with Crippen LogP contribution in [-0.4, -0.2) is 76.7 Å². The summed E-state index contributed by atoms with van der Waals surface area (Å²) in [4.78, 5) is 35.2. The lowest BCUT2D eigenvalue weighted by molar-refractivity contribution is -0.135. The average molecular weight is 489 g/mol. The Morgan fingerprint density at radius 2 is 1.91 bits per heavy atom. The minimum atomic E-state index is -1.29. The molecule has 180 valence electrons. The number of carbonyl (C=O) groups excluding carboxylic acids is 1. The van der Waals surface area contributed by atoms with Crippen LogP contribution in [0.3, 0.4) is 0 Å². The summed E-state index contributed by atoms with van der Waals surface area (Å²) in [5, 5.41) is 34.5. The van der Waals surface area contributed by atoms with Gasteiger partial charge >= 0.3 is 5.97 Å². The third-order valence-corrected chi connectivity index (χ3v) is 6.22. The number of carboxylic acid groups (broad SMARTS) is 1. The number of nitrogens with zero attached hydrogens (tertiary/aromatic N) is 4. The zero-order valence-corrected chi connectivity index (χ0v) is 19.0. The molecule has 3 heterocycles. The molecule has 0 radical (unpaired) electrons. The molecular formula is C21H24N6O6S. The number of aliphatic hydroxyl groups excluding tert-OH is 2. The summed E-state index contributed by atoms with van der Waals surface area (Å²) < 4.78 is 7.33. The van der Waals surface area contributed by atoms with Crippen molar-refractivity contribution in [3.8, 4) is 0 Å². The van der Waals surface area contributed by atoms with E-state index >= 15 is 0 Å². The predicted octanol–water partition coefficient (Wildman–Crippen LogP) is 0.893. The second-order valence-corrected chi connectivity index (χ2v) is 8.77. The van der Waals surface area contributed by atoms with Gasteiger partial charge < -0.3 is 30.7 Å². The number of imidazole rings is 1. The fourth-order valence-electron chi connectivity index (χ4n) is 3.51. The van der Waals surface area contributed by atoms with Crippen LogP contribution in [0.5, 0.6) is 0 Å². The zero-order chi connectivity index (χ0) is 24.2. The number of hydrogen-bond acceptors (Lipinski definition) is 10. The van der Waals surface area contributed by atoms with Gasteiger partial charge in [0.2, 0.25) is 0 Å². The summed E-state index contributed by atoms with van der Waals surface area (Å²) in [6.45, 7) is 2.04. The Labute approximate surface area is 198 Å². The number of carboxylic acids is 1. The van der Waals surface area contributed by atoms with Gasteiger partial charge in [0.05, 0.1) is 12.4 Å². The van der Waals surface area contributed by atoms with Crippen LogP contribution in [0.25, 0.3) is 11.2 Å². The maximum Gasteiger partial charge on any atom is 0.323 e. The van der Waals surface area contributed by atoms with Crippen molar-refractivity contribution in [2.45, 2.75) is 38.0 Å². The van der Waals surface area contributed by atoms with E-state index in [2.05, 4.69) is 25.6 Å². The topological polar surface area (TPSA) is 172 Å². The van der Waals surface area contributed by atoms with E-state index in [0.29, 0.717) is 23.5 Å². The molecule has 1 fully saturated rings. The molecule has 3 aromatic rings. The number of nitrogens with one attached hydrogen (secondary N) is 2. The van der Waals surface area contributed by atoms with Gasteiger partial charge in [-0.05, 0) is 12.5 Å². The quantitative estimate of drug-likeness (QED) is 0.305. The van der Waals surface area contributed by atoms with Crippen LogP contribution in [0, 0.1) is 6.92 Å². The van der Waals surface area contributed by atoms with Gasteiger partial charge in [0.1, 0.15) is 25.1 Å². The molecule has 13 heteroatoms. The first-order chi connectivity index (χ1) is 16.3. The number of thioether (sulfide) groups is 1. The Morgan fingerprint density at radius 1 is 1.15 bits per heavy atom. The Balaban J connectivity index is 1.44. The molecule has 0 saturated carbocycles. The van der Waals surface area contributed by atoms with Crippen LogP contribution < -0.4 is 10.6 Å². The van der Waals surface area contributed by atoms with Crippen molar-refractivity contribution in [3.05, 3.63) is 48.0 Å². The highest BCUT2D eigenvalue weighted by molar-refractivity contribution is 8.13. The van der Waals surface area contributed by atoms with Crippen molar-refractivity contribution < 1.29 is 29.6 Å². The molecule has 0 spiro atoms. The van der Waals surface area contributed by atoms with Crippen LogP contribution in [0.2, 0.25) is 0 Å². The molecule has 4 atom stereocenters. The van der Waals surface area contributed by atoms with Gasteiger partial charge in [-0.1, -0.05) is 41.6 Å². The van der Waals surface area contributed by atoms with Crippen LogP contribution in [0.4, 0.5) is 10.6 Å². The Kier molecular flexibility index (Phi) is 7.26. The molecule has 4 rings (SSSR count). The molecule has 12 nitrogen and oxygen atoms in total. The number of hydrogen-bond donors (Lipinski definition) is 5. The number of aromatic nitrogens is 4. The highest BCUT2D eigenvalue weighted by atomic mass is 32.2. The first kappa shape index (κ1) is 23.9. The molecule has 5 N–H and O–H groups in total. The van der Waals surface area contributed by atoms with E-state index in [0.717, 1.165) is 17.3 Å². The third-order valence-electron chi connectivity index (χ3n) is 5.31. The van der Waals surface area contributed by atoms with E-state index in [1.807, 2.05) is 31.2 Å². The SMILES string of the molecule is Cc1ccc(CNc2ncnc3c2ncn3[C@@H]2O[C@H](CSC(=O)NCC(=O)O)C(O)[C@@H]2O)cc1. The van der Waals surface area contributed by atoms with Gasteiger partial charge in [-0.2, -0.15) is 0 Å². The molecule has 1 saturated heterocycles. The lowest BCUT2D eigenvalue weighted by atomic mass is 10.1. The number of aliphatic carboxylic acids is 1. The van der Waals surface area contributed by atoms with Crippen molar-refractivity contribution >= 4 is 40.0 Å². The minimum absolute atomic E-state index is 0.0190. The number of carbonyl (C=O) groups is 2. The number of rotatable bonds is 8. The second kappa shape index (κ2) is 10.3. The van der Waals surface area contributed by atoms with E-state index in [4.69, 9.17) is 9.84 Å². The van der Waals surface area contributed by atoms with E-state index < -0.39 is 42.3 Å². The van der Waals surface area contributed by atoms with Crippen LogP contribution in [0.15, 0.2) is 36.9 Å².